The molecule has 2 N–H and O–H groups in total. The topological polar surface area (TPSA) is 95.6 Å². The van der Waals surface area contributed by atoms with Crippen molar-refractivity contribution >= 4 is 33.2 Å². The Morgan fingerprint density at radius 3 is 1.97 bits per heavy atom. The van der Waals surface area contributed by atoms with E-state index in [1.54, 1.807) is 36.4 Å². The van der Waals surface area contributed by atoms with Gasteiger partial charge in [0.15, 0.2) is 0 Å². The van der Waals surface area contributed by atoms with Gasteiger partial charge in [-0.3, -0.25) is 9.59 Å². The first-order valence-electron chi connectivity index (χ1n) is 9.55. The zero-order chi connectivity index (χ0) is 21.0. The van der Waals surface area contributed by atoms with Crippen molar-refractivity contribution in [2.24, 2.45) is 5.92 Å². The Balaban J connectivity index is 1.65. The molecule has 1 fully saturated rings. The fraction of sp³-hybridized carbons (Fsp3) is 0.333. The fourth-order valence-electron chi connectivity index (χ4n) is 3.20. The first kappa shape index (κ1) is 21.0. The van der Waals surface area contributed by atoms with Gasteiger partial charge in [-0.05, 0) is 67.3 Å². The largest absolute Gasteiger partial charge is 0.326 e. The van der Waals surface area contributed by atoms with Crippen LogP contribution in [0, 0.1) is 5.92 Å². The zero-order valence-corrected chi connectivity index (χ0v) is 17.3. The van der Waals surface area contributed by atoms with Gasteiger partial charge in [0.1, 0.15) is 0 Å². The molecule has 0 bridgehead atoms. The van der Waals surface area contributed by atoms with Crippen LogP contribution in [0.25, 0.3) is 0 Å². The van der Waals surface area contributed by atoms with Crippen molar-refractivity contribution in [3.8, 4) is 0 Å². The number of hydrogen-bond acceptors (Lipinski definition) is 4. The van der Waals surface area contributed by atoms with Gasteiger partial charge in [-0.2, -0.15) is 4.31 Å². The van der Waals surface area contributed by atoms with Crippen molar-refractivity contribution in [1.82, 2.24) is 4.31 Å². The first-order chi connectivity index (χ1) is 13.8. The number of benzene rings is 2. The average Bonchev–Trinajstić information content (AvgIpc) is 2.69. The SMILES string of the molecule is CC(=O)Nc1ccc(C(=O)Nc2ccc(S(=O)(=O)N3CCC(C)CC3)cc2)cc1. The van der Waals surface area contributed by atoms with E-state index in [1.807, 2.05) is 0 Å². The summed E-state index contributed by atoms with van der Waals surface area (Å²) in [5.41, 5.74) is 1.54. The van der Waals surface area contributed by atoms with E-state index in [9.17, 15) is 18.0 Å². The standard InChI is InChI=1S/C21H25N3O4S/c1-15-11-13-24(14-12-15)29(27,28)20-9-7-19(8-10-20)23-21(26)17-3-5-18(6-4-17)22-16(2)25/h3-10,15H,11-14H2,1-2H3,(H,22,25)(H,23,26). The van der Waals surface area contributed by atoms with E-state index >= 15 is 0 Å². The lowest BCUT2D eigenvalue weighted by molar-refractivity contribution is -0.114. The molecule has 2 amide bonds. The lowest BCUT2D eigenvalue weighted by atomic mass is 10.0. The van der Waals surface area contributed by atoms with Crippen LogP contribution in [0.3, 0.4) is 0 Å². The highest BCUT2D eigenvalue weighted by molar-refractivity contribution is 7.89. The molecule has 0 unspecified atom stereocenters. The molecule has 1 aliphatic rings. The second-order valence-electron chi connectivity index (χ2n) is 7.32. The molecule has 1 heterocycles. The zero-order valence-electron chi connectivity index (χ0n) is 16.5. The number of carbonyl (C=O) groups is 2. The monoisotopic (exact) mass is 415 g/mol. The molecule has 2 aromatic carbocycles. The Morgan fingerprint density at radius 2 is 1.41 bits per heavy atom. The lowest BCUT2D eigenvalue weighted by Crippen LogP contribution is -2.37. The van der Waals surface area contributed by atoms with Gasteiger partial charge in [0.25, 0.3) is 5.91 Å². The van der Waals surface area contributed by atoms with E-state index in [0.717, 1.165) is 12.8 Å². The van der Waals surface area contributed by atoms with Crippen molar-refractivity contribution < 1.29 is 18.0 Å². The summed E-state index contributed by atoms with van der Waals surface area (Å²) in [6, 6.07) is 12.7. The quantitative estimate of drug-likeness (QED) is 0.783. The first-order valence-corrected chi connectivity index (χ1v) is 11.0. The molecule has 0 atom stereocenters. The third kappa shape index (κ3) is 5.21. The number of amides is 2. The molecule has 8 heteroatoms. The molecule has 2 aromatic rings. The number of nitrogens with zero attached hydrogens (tertiary/aromatic N) is 1. The van der Waals surface area contributed by atoms with Crippen LogP contribution in [0.2, 0.25) is 0 Å². The molecule has 1 saturated heterocycles. The molecule has 0 radical (unpaired) electrons. The van der Waals surface area contributed by atoms with E-state index in [1.165, 1.54) is 23.4 Å². The van der Waals surface area contributed by atoms with Gasteiger partial charge in [0.2, 0.25) is 15.9 Å². The van der Waals surface area contributed by atoms with Crippen molar-refractivity contribution in [2.75, 3.05) is 23.7 Å². The predicted molar refractivity (Wildman–Crippen MR) is 112 cm³/mol. The van der Waals surface area contributed by atoms with Crippen molar-refractivity contribution in [1.29, 1.82) is 0 Å². The van der Waals surface area contributed by atoms with Crippen molar-refractivity contribution in [3.05, 3.63) is 54.1 Å². The number of nitrogens with one attached hydrogen (secondary N) is 2. The maximum atomic E-state index is 12.8. The second-order valence-corrected chi connectivity index (χ2v) is 9.26. The van der Waals surface area contributed by atoms with E-state index in [0.29, 0.717) is 35.9 Å². The molecule has 0 spiro atoms. The Kier molecular flexibility index (Phi) is 6.34. The minimum atomic E-state index is -3.51. The Labute approximate surface area is 171 Å². The minimum Gasteiger partial charge on any atom is -0.326 e. The van der Waals surface area contributed by atoms with Gasteiger partial charge in [0.05, 0.1) is 4.90 Å². The summed E-state index contributed by atoms with van der Waals surface area (Å²) in [6.07, 6.45) is 1.74. The van der Waals surface area contributed by atoms with Gasteiger partial charge in [-0.1, -0.05) is 6.92 Å². The van der Waals surface area contributed by atoms with Gasteiger partial charge >= 0.3 is 0 Å². The smallest absolute Gasteiger partial charge is 0.255 e. The molecule has 7 nitrogen and oxygen atoms in total. The van der Waals surface area contributed by atoms with E-state index < -0.39 is 10.0 Å². The molecule has 154 valence electrons. The Morgan fingerprint density at radius 1 is 0.897 bits per heavy atom. The van der Waals surface area contributed by atoms with Crippen LogP contribution in [-0.2, 0) is 14.8 Å². The molecular formula is C21H25N3O4S. The molecule has 0 aliphatic carbocycles. The molecule has 0 saturated carbocycles. The van der Waals surface area contributed by atoms with Gasteiger partial charge in [-0.25, -0.2) is 8.42 Å². The number of rotatable bonds is 5. The van der Waals surface area contributed by atoms with Crippen molar-refractivity contribution in [3.63, 3.8) is 0 Å². The number of sulfonamides is 1. The third-order valence-corrected chi connectivity index (χ3v) is 6.87. The summed E-state index contributed by atoms with van der Waals surface area (Å²) in [7, 11) is -3.51. The maximum Gasteiger partial charge on any atom is 0.255 e. The number of piperidine rings is 1. The summed E-state index contributed by atoms with van der Waals surface area (Å²) in [5.74, 6) is 0.0441. The summed E-state index contributed by atoms with van der Waals surface area (Å²) in [4.78, 5) is 23.7. The van der Waals surface area contributed by atoms with Crippen LogP contribution in [0.4, 0.5) is 11.4 Å². The molecular weight excluding hydrogens is 390 g/mol. The number of carbonyl (C=O) groups excluding carboxylic acids is 2. The normalized spacial score (nSPS) is 15.7. The Bertz CT molecular complexity index is 978. The van der Waals surface area contributed by atoms with Crippen LogP contribution in [-0.4, -0.2) is 37.6 Å². The van der Waals surface area contributed by atoms with Crippen LogP contribution < -0.4 is 10.6 Å². The average molecular weight is 416 g/mol. The fourth-order valence-corrected chi connectivity index (χ4v) is 4.67. The molecule has 3 rings (SSSR count). The van der Waals surface area contributed by atoms with Crippen molar-refractivity contribution in [2.45, 2.75) is 31.6 Å². The number of anilines is 2. The summed E-state index contributed by atoms with van der Waals surface area (Å²) >= 11 is 0. The highest BCUT2D eigenvalue weighted by Crippen LogP contribution is 2.24. The third-order valence-electron chi connectivity index (χ3n) is 4.96. The summed E-state index contributed by atoms with van der Waals surface area (Å²) < 4.78 is 27.1. The van der Waals surface area contributed by atoms with E-state index in [2.05, 4.69) is 17.6 Å². The summed E-state index contributed by atoms with van der Waals surface area (Å²) in [5, 5.41) is 5.39. The van der Waals surface area contributed by atoms with Gasteiger partial charge in [0, 0.05) is 37.0 Å². The van der Waals surface area contributed by atoms with Crippen LogP contribution >= 0.6 is 0 Å². The second kappa shape index (κ2) is 8.75. The molecule has 29 heavy (non-hydrogen) atoms. The minimum absolute atomic E-state index is 0.184. The van der Waals surface area contributed by atoms with Crippen LogP contribution in [0.5, 0.6) is 0 Å². The Hall–Kier alpha value is -2.71. The predicted octanol–water partition coefficient (Wildman–Crippen LogP) is 3.32. The van der Waals surface area contributed by atoms with E-state index in [-0.39, 0.29) is 16.7 Å². The maximum absolute atomic E-state index is 12.8. The number of hydrogen-bond donors (Lipinski definition) is 2. The highest BCUT2D eigenvalue weighted by atomic mass is 32.2. The van der Waals surface area contributed by atoms with Gasteiger partial charge in [-0.15, -0.1) is 0 Å². The van der Waals surface area contributed by atoms with E-state index in [4.69, 9.17) is 0 Å². The lowest BCUT2D eigenvalue weighted by Gasteiger charge is -2.29. The molecule has 0 aromatic heterocycles. The summed E-state index contributed by atoms with van der Waals surface area (Å²) in [6.45, 7) is 4.62. The molecule has 1 aliphatic heterocycles. The van der Waals surface area contributed by atoms with Crippen LogP contribution in [0.1, 0.15) is 37.0 Å². The van der Waals surface area contributed by atoms with Gasteiger partial charge < -0.3 is 10.6 Å². The van der Waals surface area contributed by atoms with Crippen LogP contribution in [0.15, 0.2) is 53.4 Å². The highest BCUT2D eigenvalue weighted by Gasteiger charge is 2.27.